The number of benzene rings is 4. The van der Waals surface area contributed by atoms with Crippen LogP contribution in [-0.2, 0) is 0 Å². The minimum absolute atomic E-state index is 0.0559. The van der Waals surface area contributed by atoms with Crippen LogP contribution in [0.5, 0.6) is 0 Å². The molecule has 0 saturated carbocycles. The zero-order valence-electron chi connectivity index (χ0n) is 17.6. The van der Waals surface area contributed by atoms with Gasteiger partial charge in [-0.25, -0.2) is 0 Å². The highest BCUT2D eigenvalue weighted by Gasteiger charge is 2.24. The van der Waals surface area contributed by atoms with Gasteiger partial charge in [0.25, 0.3) is 0 Å². The first kappa shape index (κ1) is 18.9. The Bertz CT molecular complexity index is 1330. The summed E-state index contributed by atoms with van der Waals surface area (Å²) in [7, 11) is 0. The van der Waals surface area contributed by atoms with Crippen molar-refractivity contribution in [2.45, 2.75) is 26.3 Å². The molecule has 148 valence electrons. The van der Waals surface area contributed by atoms with E-state index in [0.29, 0.717) is 0 Å². The Balaban J connectivity index is 1.65. The molecule has 0 N–H and O–H groups in total. The molecule has 0 amide bonds. The van der Waals surface area contributed by atoms with Crippen LogP contribution in [0.15, 0.2) is 97.1 Å². The van der Waals surface area contributed by atoms with E-state index in [-0.39, 0.29) is 5.54 Å². The van der Waals surface area contributed by atoms with Crippen molar-refractivity contribution in [2.75, 3.05) is 4.90 Å². The molecule has 0 aliphatic rings. The third-order valence-corrected chi connectivity index (χ3v) is 6.64. The van der Waals surface area contributed by atoms with Gasteiger partial charge in [-0.2, -0.15) is 0 Å². The molecule has 0 saturated heterocycles. The molecule has 0 aliphatic heterocycles. The van der Waals surface area contributed by atoms with Crippen molar-refractivity contribution in [1.82, 2.24) is 0 Å². The quantitative estimate of drug-likeness (QED) is 0.289. The Labute approximate surface area is 182 Å². The van der Waals surface area contributed by atoms with E-state index in [1.54, 1.807) is 0 Å². The number of hydrogen-bond acceptors (Lipinski definition) is 2. The van der Waals surface area contributed by atoms with Gasteiger partial charge in [-0.05, 0) is 62.2 Å². The normalized spacial score (nSPS) is 11.8. The van der Waals surface area contributed by atoms with Gasteiger partial charge in [-0.15, -0.1) is 11.3 Å². The number of fused-ring (bicyclic) bond motifs is 3. The number of thiophene rings is 1. The van der Waals surface area contributed by atoms with Crippen LogP contribution < -0.4 is 4.90 Å². The third kappa shape index (κ3) is 3.38. The largest absolute Gasteiger partial charge is 0.336 e. The summed E-state index contributed by atoms with van der Waals surface area (Å²) >= 11 is 1.87. The third-order valence-electron chi connectivity index (χ3n) is 5.50. The fourth-order valence-corrected chi connectivity index (χ4v) is 5.37. The highest BCUT2D eigenvalue weighted by molar-refractivity contribution is 7.25. The van der Waals surface area contributed by atoms with Gasteiger partial charge < -0.3 is 4.90 Å². The van der Waals surface area contributed by atoms with Crippen molar-refractivity contribution in [3.05, 3.63) is 97.1 Å². The molecule has 1 nitrogen and oxygen atoms in total. The molecule has 0 atom stereocenters. The lowest BCUT2D eigenvalue weighted by molar-refractivity contribution is 0.560. The molecular weight excluding hydrogens is 382 g/mol. The number of hydrogen-bond donors (Lipinski definition) is 0. The minimum Gasteiger partial charge on any atom is -0.336 e. The fourth-order valence-electron chi connectivity index (χ4n) is 4.23. The smallest absolute Gasteiger partial charge is 0.0430 e. The first-order chi connectivity index (χ1) is 14.5. The number of anilines is 2. The maximum Gasteiger partial charge on any atom is 0.0430 e. The average molecular weight is 408 g/mol. The second-order valence-corrected chi connectivity index (χ2v) is 9.79. The minimum atomic E-state index is -0.0559. The van der Waals surface area contributed by atoms with Gasteiger partial charge in [-0.1, -0.05) is 66.7 Å². The van der Waals surface area contributed by atoms with E-state index in [1.807, 2.05) is 11.3 Å². The van der Waals surface area contributed by atoms with E-state index in [2.05, 4.69) is 123 Å². The Morgan fingerprint density at radius 3 is 2.03 bits per heavy atom. The predicted octanol–water partition coefficient (Wildman–Crippen LogP) is 8.66. The summed E-state index contributed by atoms with van der Waals surface area (Å²) in [4.78, 5) is 2.45. The highest BCUT2D eigenvalue weighted by atomic mass is 32.1. The van der Waals surface area contributed by atoms with Crippen molar-refractivity contribution < 1.29 is 0 Å². The van der Waals surface area contributed by atoms with E-state index in [9.17, 15) is 0 Å². The van der Waals surface area contributed by atoms with Crippen molar-refractivity contribution in [2.24, 2.45) is 0 Å². The summed E-state index contributed by atoms with van der Waals surface area (Å²) in [6.07, 6.45) is 0. The van der Waals surface area contributed by atoms with Gasteiger partial charge in [0.05, 0.1) is 0 Å². The van der Waals surface area contributed by atoms with Crippen LogP contribution in [-0.4, -0.2) is 5.54 Å². The molecule has 0 fully saturated rings. The zero-order chi connectivity index (χ0) is 20.7. The van der Waals surface area contributed by atoms with Crippen molar-refractivity contribution in [3.8, 4) is 11.1 Å². The molecule has 1 heterocycles. The second kappa shape index (κ2) is 7.30. The summed E-state index contributed by atoms with van der Waals surface area (Å²) in [6, 6.07) is 35.0. The molecule has 0 spiro atoms. The zero-order valence-corrected chi connectivity index (χ0v) is 18.4. The van der Waals surface area contributed by atoms with Gasteiger partial charge in [0.1, 0.15) is 0 Å². The van der Waals surface area contributed by atoms with Crippen LogP contribution in [0.25, 0.3) is 31.3 Å². The van der Waals surface area contributed by atoms with Gasteiger partial charge in [0.15, 0.2) is 0 Å². The van der Waals surface area contributed by atoms with Crippen molar-refractivity contribution in [1.29, 1.82) is 0 Å². The molecule has 0 radical (unpaired) electrons. The molecule has 0 bridgehead atoms. The highest BCUT2D eigenvalue weighted by Crippen LogP contribution is 2.40. The van der Waals surface area contributed by atoms with Crippen LogP contribution in [0.2, 0.25) is 0 Å². The fraction of sp³-hybridized carbons (Fsp3) is 0.143. The van der Waals surface area contributed by atoms with Gasteiger partial charge in [0, 0.05) is 37.1 Å². The van der Waals surface area contributed by atoms with E-state index < -0.39 is 0 Å². The van der Waals surface area contributed by atoms with Crippen molar-refractivity contribution in [3.63, 3.8) is 0 Å². The van der Waals surface area contributed by atoms with Crippen molar-refractivity contribution >= 4 is 42.9 Å². The van der Waals surface area contributed by atoms with E-state index in [4.69, 9.17) is 0 Å². The lowest BCUT2D eigenvalue weighted by Crippen LogP contribution is -2.37. The molecule has 5 rings (SSSR count). The standard InChI is InChI=1S/C28H25NS/c1-28(2,3)29(22-13-9-12-21(18-22)20-10-5-4-6-11-20)23-16-17-25-24-14-7-8-15-26(24)30-27(25)19-23/h4-19H,1-3H3. The summed E-state index contributed by atoms with van der Waals surface area (Å²) in [5.41, 5.74) is 4.87. The predicted molar refractivity (Wildman–Crippen MR) is 133 cm³/mol. The van der Waals surface area contributed by atoms with Crippen LogP contribution in [0.4, 0.5) is 11.4 Å². The molecule has 4 aromatic carbocycles. The maximum atomic E-state index is 2.45. The van der Waals surface area contributed by atoms with Crippen LogP contribution >= 0.6 is 11.3 Å². The van der Waals surface area contributed by atoms with Crippen LogP contribution in [0.3, 0.4) is 0 Å². The number of rotatable bonds is 3. The molecule has 0 aliphatic carbocycles. The molecule has 1 aromatic heterocycles. The summed E-state index contributed by atoms with van der Waals surface area (Å²) in [6.45, 7) is 6.83. The molecule has 30 heavy (non-hydrogen) atoms. The topological polar surface area (TPSA) is 3.24 Å². The summed E-state index contributed by atoms with van der Waals surface area (Å²) in [5.74, 6) is 0. The Morgan fingerprint density at radius 2 is 1.23 bits per heavy atom. The SMILES string of the molecule is CC(C)(C)N(c1cccc(-c2ccccc2)c1)c1ccc2c(c1)sc1ccccc12. The average Bonchev–Trinajstić information content (AvgIpc) is 3.11. The molecule has 5 aromatic rings. The van der Waals surface area contributed by atoms with Gasteiger partial charge in [0.2, 0.25) is 0 Å². The molecule has 2 heteroatoms. The monoisotopic (exact) mass is 407 g/mol. The Hall–Kier alpha value is -3.10. The molecular formula is C28H25NS. The first-order valence-electron chi connectivity index (χ1n) is 10.4. The lowest BCUT2D eigenvalue weighted by atomic mass is 10.00. The Kier molecular flexibility index (Phi) is 4.60. The second-order valence-electron chi connectivity index (χ2n) is 8.70. The molecule has 0 unspecified atom stereocenters. The summed E-state index contributed by atoms with van der Waals surface area (Å²) in [5, 5.41) is 2.68. The number of nitrogens with zero attached hydrogens (tertiary/aromatic N) is 1. The van der Waals surface area contributed by atoms with E-state index in [1.165, 1.54) is 42.7 Å². The maximum absolute atomic E-state index is 2.45. The van der Waals surface area contributed by atoms with E-state index >= 15 is 0 Å². The van der Waals surface area contributed by atoms with Crippen LogP contribution in [0, 0.1) is 0 Å². The summed E-state index contributed by atoms with van der Waals surface area (Å²) < 4.78 is 2.68. The van der Waals surface area contributed by atoms with Crippen LogP contribution in [0.1, 0.15) is 20.8 Å². The lowest BCUT2D eigenvalue weighted by Gasteiger charge is -2.38. The Morgan fingerprint density at radius 1 is 0.567 bits per heavy atom. The first-order valence-corrected chi connectivity index (χ1v) is 11.2. The van der Waals surface area contributed by atoms with E-state index in [0.717, 1.165) is 0 Å². The van der Waals surface area contributed by atoms with Gasteiger partial charge >= 0.3 is 0 Å². The van der Waals surface area contributed by atoms with Gasteiger partial charge in [-0.3, -0.25) is 0 Å².